The molecule has 0 bridgehead atoms. The van der Waals surface area contributed by atoms with Gasteiger partial charge in [-0.25, -0.2) is 0 Å². The summed E-state index contributed by atoms with van der Waals surface area (Å²) in [5.74, 6) is 0. The Labute approximate surface area is 152 Å². The quantitative estimate of drug-likeness (QED) is 0.566. The largest absolute Gasteiger partial charge is 0.738 e. The van der Waals surface area contributed by atoms with E-state index in [9.17, 15) is 0 Å². The number of pyridine rings is 1. The molecule has 0 saturated heterocycles. The molecule has 0 aromatic carbocycles. The highest BCUT2D eigenvalue weighted by Gasteiger charge is 2.54. The predicted octanol–water partition coefficient (Wildman–Crippen LogP) is 4.67. The zero-order valence-corrected chi connectivity index (χ0v) is 15.3. The molecule has 4 rings (SSSR count). The van der Waals surface area contributed by atoms with Crippen molar-refractivity contribution in [2.24, 2.45) is 0 Å². The van der Waals surface area contributed by atoms with Gasteiger partial charge in [-0.05, 0) is 34.1 Å². The minimum Gasteiger partial charge on any atom is -0.389 e. The maximum Gasteiger partial charge on any atom is 0.738 e. The molecule has 0 amide bonds. The molecular formula is C14H7BBr2ClF2N3. The van der Waals surface area contributed by atoms with Gasteiger partial charge < -0.3 is 17.6 Å². The van der Waals surface area contributed by atoms with E-state index in [1.165, 1.54) is 6.20 Å². The van der Waals surface area contributed by atoms with Gasteiger partial charge in [0, 0.05) is 51.7 Å². The third-order valence-electron chi connectivity index (χ3n) is 3.86. The van der Waals surface area contributed by atoms with Crippen LogP contribution in [0, 0.1) is 0 Å². The van der Waals surface area contributed by atoms with Gasteiger partial charge >= 0.3 is 6.97 Å². The molecule has 2 aromatic rings. The number of aromatic nitrogens is 2. The molecule has 0 aliphatic carbocycles. The van der Waals surface area contributed by atoms with Crippen LogP contribution in [0.1, 0.15) is 11.3 Å². The fourth-order valence-electron chi connectivity index (χ4n) is 2.98. The summed E-state index contributed by atoms with van der Waals surface area (Å²) in [6.45, 7) is -4.01. The van der Waals surface area contributed by atoms with Gasteiger partial charge in [-0.3, -0.25) is 4.98 Å². The van der Waals surface area contributed by atoms with E-state index in [0.29, 0.717) is 36.8 Å². The average Bonchev–Trinajstić information content (AvgIpc) is 3.05. The molecule has 4 heterocycles. The van der Waals surface area contributed by atoms with Crippen LogP contribution in [-0.2, 0) is 0 Å². The Morgan fingerprint density at radius 1 is 1.17 bits per heavy atom. The van der Waals surface area contributed by atoms with Crippen LogP contribution in [0.15, 0.2) is 53.0 Å². The predicted molar refractivity (Wildman–Crippen MR) is 94.1 cm³/mol. The Hall–Kier alpha value is -1.25. The SMILES string of the molecule is F[B-]1(F)n2c(Br)ccc2C(c2cncc(Cl)c2)=C2C=CC(Br)=[N+]21. The van der Waals surface area contributed by atoms with E-state index in [-0.39, 0.29) is 0 Å². The van der Waals surface area contributed by atoms with Crippen LogP contribution in [0.3, 0.4) is 0 Å². The molecule has 0 radical (unpaired) electrons. The van der Waals surface area contributed by atoms with Crippen molar-refractivity contribution in [3.05, 3.63) is 69.3 Å². The molecule has 2 aliphatic heterocycles. The van der Waals surface area contributed by atoms with Crippen LogP contribution < -0.4 is 0 Å². The van der Waals surface area contributed by atoms with Crippen LogP contribution in [0.25, 0.3) is 5.57 Å². The first-order valence-electron chi connectivity index (χ1n) is 6.66. The van der Waals surface area contributed by atoms with Gasteiger partial charge in [-0.15, -0.1) is 0 Å². The third-order valence-corrected chi connectivity index (χ3v) is 5.36. The lowest BCUT2D eigenvalue weighted by atomic mass is 9.87. The summed E-state index contributed by atoms with van der Waals surface area (Å²) in [6, 6.07) is 5.00. The number of halogens is 5. The summed E-state index contributed by atoms with van der Waals surface area (Å²) in [5.41, 5.74) is 2.18. The molecule has 0 spiro atoms. The van der Waals surface area contributed by atoms with Crippen molar-refractivity contribution in [2.45, 2.75) is 0 Å². The second-order valence-corrected chi connectivity index (χ2v) is 7.24. The third kappa shape index (κ3) is 2.11. The Bertz CT molecular complexity index is 949. The molecule has 0 atom stereocenters. The van der Waals surface area contributed by atoms with Gasteiger partial charge in [0.1, 0.15) is 0 Å². The van der Waals surface area contributed by atoms with Gasteiger partial charge in [0.2, 0.25) is 4.62 Å². The van der Waals surface area contributed by atoms with Gasteiger partial charge in [-0.2, -0.15) is 0 Å². The summed E-state index contributed by atoms with van der Waals surface area (Å²) < 4.78 is 32.7. The van der Waals surface area contributed by atoms with Crippen LogP contribution in [0.2, 0.25) is 5.02 Å². The highest BCUT2D eigenvalue weighted by atomic mass is 79.9. The minimum atomic E-state index is -4.01. The summed E-state index contributed by atoms with van der Waals surface area (Å²) in [4.78, 5) is 4.08. The van der Waals surface area contributed by atoms with Crippen LogP contribution in [0.4, 0.5) is 8.63 Å². The summed E-state index contributed by atoms with van der Waals surface area (Å²) in [6.07, 6.45) is 6.41. The van der Waals surface area contributed by atoms with Gasteiger partial charge in [-0.1, -0.05) is 11.6 Å². The molecule has 116 valence electrons. The Morgan fingerprint density at radius 3 is 2.70 bits per heavy atom. The zero-order chi connectivity index (χ0) is 16.4. The van der Waals surface area contributed by atoms with Crippen molar-refractivity contribution in [2.75, 3.05) is 0 Å². The molecule has 2 aliphatic rings. The Balaban J connectivity index is 2.12. The van der Waals surface area contributed by atoms with E-state index < -0.39 is 6.97 Å². The summed E-state index contributed by atoms with van der Waals surface area (Å²) >= 11 is 12.5. The summed E-state index contributed by atoms with van der Waals surface area (Å²) in [7, 11) is 0. The molecular weight excluding hydrogens is 454 g/mol. The summed E-state index contributed by atoms with van der Waals surface area (Å²) in [5, 5.41) is 0.451. The second kappa shape index (κ2) is 5.12. The lowest BCUT2D eigenvalue weighted by Gasteiger charge is -2.32. The molecule has 23 heavy (non-hydrogen) atoms. The van der Waals surface area contributed by atoms with E-state index in [1.807, 2.05) is 0 Å². The minimum absolute atomic E-state index is 0.316. The molecule has 0 unspecified atom stereocenters. The normalized spacial score (nSPS) is 18.5. The molecule has 0 saturated carbocycles. The van der Waals surface area contributed by atoms with E-state index in [0.717, 1.165) is 8.96 Å². The fourth-order valence-corrected chi connectivity index (χ4v) is 4.29. The van der Waals surface area contributed by atoms with E-state index in [2.05, 4.69) is 36.8 Å². The first-order valence-corrected chi connectivity index (χ1v) is 8.62. The molecule has 0 N–H and O–H groups in total. The Kier molecular flexibility index (Phi) is 3.41. The number of hydrogen-bond acceptors (Lipinski definition) is 1. The molecule has 2 aromatic heterocycles. The topological polar surface area (TPSA) is 20.8 Å². The molecule has 9 heteroatoms. The van der Waals surface area contributed by atoms with Crippen molar-refractivity contribution in [3.63, 3.8) is 0 Å². The lowest BCUT2D eigenvalue weighted by molar-refractivity contribution is -0.358. The maximum absolute atomic E-state index is 15.0. The van der Waals surface area contributed by atoms with Crippen LogP contribution >= 0.6 is 43.5 Å². The zero-order valence-electron chi connectivity index (χ0n) is 11.4. The van der Waals surface area contributed by atoms with Crippen molar-refractivity contribution in [1.29, 1.82) is 0 Å². The monoisotopic (exact) mass is 459 g/mol. The van der Waals surface area contributed by atoms with Crippen LogP contribution in [-0.4, -0.2) is 25.5 Å². The van der Waals surface area contributed by atoms with Crippen molar-refractivity contribution in [3.8, 4) is 0 Å². The van der Waals surface area contributed by atoms with Crippen molar-refractivity contribution < 1.29 is 13.1 Å². The van der Waals surface area contributed by atoms with Gasteiger partial charge in [0.25, 0.3) is 0 Å². The van der Waals surface area contributed by atoms with E-state index in [4.69, 9.17) is 11.6 Å². The highest BCUT2D eigenvalue weighted by molar-refractivity contribution is 9.18. The Morgan fingerprint density at radius 2 is 1.96 bits per heavy atom. The number of allylic oxidation sites excluding steroid dienone is 2. The average molecular weight is 461 g/mol. The smallest absolute Gasteiger partial charge is 0.389 e. The standard InChI is InChI=1S/C14H7BBr2ClF2N3/c16-12-3-1-10-14(8-5-9(18)7-21-6-8)11-2-4-13(17)23(11)15(19,20)22(10)12/h1-7H. The lowest BCUT2D eigenvalue weighted by Crippen LogP contribution is -2.50. The van der Waals surface area contributed by atoms with E-state index >= 15 is 8.63 Å². The molecule has 0 fully saturated rings. The first kappa shape index (κ1) is 15.3. The van der Waals surface area contributed by atoms with Crippen molar-refractivity contribution in [1.82, 2.24) is 9.46 Å². The van der Waals surface area contributed by atoms with Crippen molar-refractivity contribution >= 4 is 60.6 Å². The molecule has 3 nitrogen and oxygen atoms in total. The van der Waals surface area contributed by atoms with Gasteiger partial charge in [0.05, 0.1) is 15.2 Å². The first-order chi connectivity index (χ1) is 10.9. The number of nitrogens with zero attached hydrogens (tertiary/aromatic N) is 3. The number of hydrogen-bond donors (Lipinski definition) is 0. The maximum atomic E-state index is 15.0. The number of rotatable bonds is 1. The second-order valence-electron chi connectivity index (χ2n) is 5.18. The van der Waals surface area contributed by atoms with Gasteiger partial charge in [0.15, 0.2) is 5.70 Å². The fraction of sp³-hybridized carbons (Fsp3) is 0. The number of fused-ring (bicyclic) bond motifs is 2. The van der Waals surface area contributed by atoms with Crippen LogP contribution in [0.5, 0.6) is 0 Å². The highest BCUT2D eigenvalue weighted by Crippen LogP contribution is 2.42. The van der Waals surface area contributed by atoms with E-state index in [1.54, 1.807) is 36.5 Å².